The Kier molecular flexibility index (Phi) is 2.83. The number of aryl methyl sites for hydroxylation is 1. The zero-order valence-electron chi connectivity index (χ0n) is 9.18. The summed E-state index contributed by atoms with van der Waals surface area (Å²) in [5.41, 5.74) is 2.26. The van der Waals surface area contributed by atoms with Crippen molar-refractivity contribution in [1.82, 2.24) is 0 Å². The number of anilines is 1. The van der Waals surface area contributed by atoms with E-state index in [1.807, 2.05) is 13.0 Å². The Labute approximate surface area is 94.1 Å². The molecule has 1 aliphatic rings. The average molecular weight is 221 g/mol. The number of nitrogens with zero attached hydrogens (tertiary/aromatic N) is 1. The lowest BCUT2D eigenvalue weighted by molar-refractivity contribution is 0.0697. The van der Waals surface area contributed by atoms with E-state index in [1.54, 1.807) is 12.1 Å². The van der Waals surface area contributed by atoms with Crippen molar-refractivity contribution in [3.8, 4) is 0 Å². The molecule has 0 saturated carbocycles. The van der Waals surface area contributed by atoms with Gasteiger partial charge in [0.25, 0.3) is 0 Å². The summed E-state index contributed by atoms with van der Waals surface area (Å²) in [6.45, 7) is 3.36. The molecular weight excluding hydrogens is 206 g/mol. The SMILES string of the molecule is Cc1cc(C(=O)O)ccc1N1CCC(O)C1. The Morgan fingerprint density at radius 2 is 2.25 bits per heavy atom. The van der Waals surface area contributed by atoms with Crippen LogP contribution in [0.25, 0.3) is 0 Å². The standard InChI is InChI=1S/C12H15NO3/c1-8-6-9(12(15)16)2-3-11(8)13-5-4-10(14)7-13/h2-3,6,10,14H,4-5,7H2,1H3,(H,15,16). The number of rotatable bonds is 2. The molecule has 1 aromatic rings. The summed E-state index contributed by atoms with van der Waals surface area (Å²) in [7, 11) is 0. The smallest absolute Gasteiger partial charge is 0.335 e. The number of carboxylic acid groups (broad SMARTS) is 1. The maximum absolute atomic E-state index is 10.8. The van der Waals surface area contributed by atoms with Crippen molar-refractivity contribution in [2.24, 2.45) is 0 Å². The first-order valence-electron chi connectivity index (χ1n) is 5.35. The summed E-state index contributed by atoms with van der Waals surface area (Å²) in [4.78, 5) is 12.9. The quantitative estimate of drug-likeness (QED) is 0.789. The van der Waals surface area contributed by atoms with Crippen molar-refractivity contribution < 1.29 is 15.0 Å². The lowest BCUT2D eigenvalue weighted by atomic mass is 10.1. The van der Waals surface area contributed by atoms with E-state index in [9.17, 15) is 9.90 Å². The molecular formula is C12H15NO3. The van der Waals surface area contributed by atoms with Crippen molar-refractivity contribution in [3.63, 3.8) is 0 Å². The van der Waals surface area contributed by atoms with Crippen LogP contribution in [0.4, 0.5) is 5.69 Å². The predicted molar refractivity (Wildman–Crippen MR) is 61.0 cm³/mol. The number of aromatic carboxylic acids is 1. The van der Waals surface area contributed by atoms with Gasteiger partial charge in [0.05, 0.1) is 11.7 Å². The van der Waals surface area contributed by atoms with Gasteiger partial charge in [-0.25, -0.2) is 4.79 Å². The number of carbonyl (C=O) groups is 1. The summed E-state index contributed by atoms with van der Waals surface area (Å²) >= 11 is 0. The monoisotopic (exact) mass is 221 g/mol. The number of hydrogen-bond acceptors (Lipinski definition) is 3. The minimum Gasteiger partial charge on any atom is -0.478 e. The molecule has 0 spiro atoms. The van der Waals surface area contributed by atoms with Crippen LogP contribution in [-0.2, 0) is 0 Å². The van der Waals surface area contributed by atoms with Gasteiger partial charge in [0.2, 0.25) is 0 Å². The third-order valence-electron chi connectivity index (χ3n) is 2.95. The van der Waals surface area contributed by atoms with Crippen LogP contribution in [0.2, 0.25) is 0 Å². The van der Waals surface area contributed by atoms with E-state index in [1.165, 1.54) is 0 Å². The highest BCUT2D eigenvalue weighted by Crippen LogP contribution is 2.25. The first-order valence-corrected chi connectivity index (χ1v) is 5.35. The molecule has 0 radical (unpaired) electrons. The molecule has 2 N–H and O–H groups in total. The summed E-state index contributed by atoms with van der Waals surface area (Å²) < 4.78 is 0. The van der Waals surface area contributed by atoms with Gasteiger partial charge >= 0.3 is 5.97 Å². The molecule has 0 aliphatic carbocycles. The molecule has 1 aromatic carbocycles. The molecule has 2 rings (SSSR count). The molecule has 86 valence electrons. The molecule has 1 aliphatic heterocycles. The van der Waals surface area contributed by atoms with Crippen molar-refractivity contribution in [1.29, 1.82) is 0 Å². The Hall–Kier alpha value is -1.55. The Balaban J connectivity index is 2.26. The number of carboxylic acids is 1. The zero-order valence-corrected chi connectivity index (χ0v) is 9.18. The topological polar surface area (TPSA) is 60.8 Å². The molecule has 0 amide bonds. The minimum atomic E-state index is -0.906. The van der Waals surface area contributed by atoms with Gasteiger partial charge in [-0.05, 0) is 37.1 Å². The molecule has 0 bridgehead atoms. The fourth-order valence-electron chi connectivity index (χ4n) is 2.10. The van der Waals surface area contributed by atoms with Crippen LogP contribution in [0.15, 0.2) is 18.2 Å². The van der Waals surface area contributed by atoms with Crippen LogP contribution >= 0.6 is 0 Å². The van der Waals surface area contributed by atoms with Gasteiger partial charge in [-0.1, -0.05) is 0 Å². The Morgan fingerprint density at radius 3 is 2.75 bits per heavy atom. The van der Waals surface area contributed by atoms with Gasteiger partial charge in [0.1, 0.15) is 0 Å². The normalized spacial score (nSPS) is 20.1. The highest BCUT2D eigenvalue weighted by atomic mass is 16.4. The van der Waals surface area contributed by atoms with E-state index in [-0.39, 0.29) is 6.10 Å². The number of hydrogen-bond donors (Lipinski definition) is 2. The molecule has 4 heteroatoms. The average Bonchev–Trinajstić information content (AvgIpc) is 2.64. The van der Waals surface area contributed by atoms with Crippen LogP contribution in [0.1, 0.15) is 22.3 Å². The number of benzene rings is 1. The van der Waals surface area contributed by atoms with Gasteiger partial charge in [-0.3, -0.25) is 0 Å². The molecule has 1 atom stereocenters. The van der Waals surface area contributed by atoms with Crippen molar-refractivity contribution in [3.05, 3.63) is 29.3 Å². The van der Waals surface area contributed by atoms with E-state index < -0.39 is 5.97 Å². The van der Waals surface area contributed by atoms with Gasteiger partial charge < -0.3 is 15.1 Å². The van der Waals surface area contributed by atoms with Gasteiger partial charge in [0, 0.05) is 18.8 Å². The van der Waals surface area contributed by atoms with Gasteiger partial charge in [-0.2, -0.15) is 0 Å². The summed E-state index contributed by atoms with van der Waals surface area (Å²) in [5, 5.41) is 18.3. The molecule has 1 heterocycles. The largest absolute Gasteiger partial charge is 0.478 e. The van der Waals surface area contributed by atoms with Crippen LogP contribution in [-0.4, -0.2) is 35.4 Å². The Morgan fingerprint density at radius 1 is 1.50 bits per heavy atom. The van der Waals surface area contributed by atoms with E-state index in [0.29, 0.717) is 12.1 Å². The maximum Gasteiger partial charge on any atom is 0.335 e. The second-order valence-electron chi connectivity index (χ2n) is 4.19. The second kappa shape index (κ2) is 4.14. The molecule has 16 heavy (non-hydrogen) atoms. The van der Waals surface area contributed by atoms with E-state index in [0.717, 1.165) is 24.2 Å². The lowest BCUT2D eigenvalue weighted by Gasteiger charge is -2.20. The third kappa shape index (κ3) is 2.02. The van der Waals surface area contributed by atoms with E-state index >= 15 is 0 Å². The zero-order chi connectivity index (χ0) is 11.7. The fourth-order valence-corrected chi connectivity index (χ4v) is 2.10. The Bertz CT molecular complexity index is 417. The van der Waals surface area contributed by atoms with Gasteiger partial charge in [0.15, 0.2) is 0 Å². The summed E-state index contributed by atoms with van der Waals surface area (Å²) in [5.74, 6) is -0.906. The molecule has 0 aromatic heterocycles. The number of aliphatic hydroxyl groups is 1. The number of aliphatic hydroxyl groups excluding tert-OH is 1. The molecule has 4 nitrogen and oxygen atoms in total. The van der Waals surface area contributed by atoms with Crippen LogP contribution in [0.3, 0.4) is 0 Å². The highest BCUT2D eigenvalue weighted by molar-refractivity contribution is 5.88. The van der Waals surface area contributed by atoms with E-state index in [2.05, 4.69) is 4.90 Å². The van der Waals surface area contributed by atoms with Crippen molar-refractivity contribution in [2.75, 3.05) is 18.0 Å². The lowest BCUT2D eigenvalue weighted by Crippen LogP contribution is -2.22. The molecule has 1 saturated heterocycles. The highest BCUT2D eigenvalue weighted by Gasteiger charge is 2.21. The minimum absolute atomic E-state index is 0.265. The van der Waals surface area contributed by atoms with Crippen LogP contribution in [0, 0.1) is 6.92 Å². The van der Waals surface area contributed by atoms with Gasteiger partial charge in [-0.15, -0.1) is 0 Å². The van der Waals surface area contributed by atoms with Crippen LogP contribution < -0.4 is 4.90 Å². The maximum atomic E-state index is 10.8. The van der Waals surface area contributed by atoms with Crippen molar-refractivity contribution in [2.45, 2.75) is 19.4 Å². The van der Waals surface area contributed by atoms with Crippen LogP contribution in [0.5, 0.6) is 0 Å². The second-order valence-corrected chi connectivity index (χ2v) is 4.19. The molecule has 1 unspecified atom stereocenters. The summed E-state index contributed by atoms with van der Waals surface area (Å²) in [6, 6.07) is 5.09. The fraction of sp³-hybridized carbons (Fsp3) is 0.417. The van der Waals surface area contributed by atoms with E-state index in [4.69, 9.17) is 5.11 Å². The first-order chi connectivity index (χ1) is 7.58. The van der Waals surface area contributed by atoms with Crippen molar-refractivity contribution >= 4 is 11.7 Å². The molecule has 1 fully saturated rings. The predicted octanol–water partition coefficient (Wildman–Crippen LogP) is 1.26. The summed E-state index contributed by atoms with van der Waals surface area (Å²) in [6.07, 6.45) is 0.513. The first kappa shape index (κ1) is 11.0. The third-order valence-corrected chi connectivity index (χ3v) is 2.95. The number of β-amino-alcohol motifs (C(OH)–C–C–N with tert-alkyl or cyclic N) is 1.